The average molecular weight is 801 g/mol. The van der Waals surface area contributed by atoms with E-state index in [4.69, 9.17) is 0 Å². The Kier molecular flexibility index (Phi) is 13.6. The quantitative estimate of drug-likeness (QED) is 0.0794. The summed E-state index contributed by atoms with van der Waals surface area (Å²) in [6.07, 6.45) is 6.76. The Labute approximate surface area is 268 Å². The van der Waals surface area contributed by atoms with E-state index in [2.05, 4.69) is 58.7 Å². The van der Waals surface area contributed by atoms with Gasteiger partial charge in [-0.15, -0.1) is 0 Å². The molecule has 0 fully saturated rings. The molecule has 4 nitrogen and oxygen atoms in total. The smallest absolute Gasteiger partial charge is 0 e. The fourth-order valence-corrected chi connectivity index (χ4v) is 7.55. The van der Waals surface area contributed by atoms with E-state index in [1.54, 1.807) is 0 Å². The maximum absolute atomic E-state index is 11.7. The monoisotopic (exact) mass is 802 g/mol. The molecule has 0 unspecified atom stereocenters. The third-order valence-electron chi connectivity index (χ3n) is 7.86. The fraction of sp³-hybridized carbons (Fsp3) is 0.361. The molecule has 0 amide bonds. The first-order valence-electron chi connectivity index (χ1n) is 14.8. The Bertz CT molecular complexity index is 1580. The number of hydrogen-bond donors (Lipinski definition) is 1. The number of carbonyl (C=O) groups excluding carboxylic acids is 1. The summed E-state index contributed by atoms with van der Waals surface area (Å²) in [6, 6.07) is 24.4. The van der Waals surface area contributed by atoms with Crippen LogP contribution in [0.15, 0.2) is 72.6 Å². The minimum Gasteiger partial charge on any atom is 0 e. The molecule has 0 aliphatic heterocycles. The van der Waals surface area contributed by atoms with Crippen molar-refractivity contribution in [2.75, 3.05) is 0 Å². The van der Waals surface area contributed by atoms with E-state index in [1.807, 2.05) is 64.2 Å². The molecule has 0 spiro atoms. The van der Waals surface area contributed by atoms with Crippen LogP contribution < -0.4 is 4.40 Å². The normalized spacial score (nSPS) is 11.7. The number of nitrogens with zero attached hydrogens (tertiary/aromatic N) is 2. The molecule has 0 aliphatic carbocycles. The Balaban J connectivity index is 0.000000334. The van der Waals surface area contributed by atoms with E-state index in [1.165, 1.54) is 15.9 Å². The van der Waals surface area contributed by atoms with Gasteiger partial charge in [0.2, 0.25) is 0 Å². The van der Waals surface area contributed by atoms with Gasteiger partial charge in [0.25, 0.3) is 0 Å². The summed E-state index contributed by atoms with van der Waals surface area (Å²) in [5.74, 6) is 7.75. The van der Waals surface area contributed by atoms with Gasteiger partial charge in [-0.3, -0.25) is 4.79 Å². The molecule has 4 aromatic rings. The molecule has 0 aliphatic rings. The predicted octanol–water partition coefficient (Wildman–Crippen LogP) is 9.14. The predicted molar refractivity (Wildman–Crippen MR) is 175 cm³/mol. The van der Waals surface area contributed by atoms with Crippen molar-refractivity contribution in [3.05, 3.63) is 84.3 Å². The zero-order valence-electron chi connectivity index (χ0n) is 25.9. The van der Waals surface area contributed by atoms with Gasteiger partial charge < -0.3 is 5.11 Å². The first kappa shape index (κ1) is 35.4. The van der Waals surface area contributed by atoms with Crippen LogP contribution in [0.5, 0.6) is 0 Å². The fourth-order valence-electron chi connectivity index (χ4n) is 5.09. The van der Waals surface area contributed by atoms with Crippen LogP contribution >= 0.6 is 0 Å². The van der Waals surface area contributed by atoms with Gasteiger partial charge >= 0.3 is 156 Å². The number of aliphatic hydroxyl groups excluding tert-OH is 1. The number of pyridine rings is 1. The summed E-state index contributed by atoms with van der Waals surface area (Å²) in [5, 5.41) is 23.5. The number of hydrogen-bond acceptors (Lipinski definition) is 4. The van der Waals surface area contributed by atoms with Crippen molar-refractivity contribution >= 4 is 45.0 Å². The molecule has 4 rings (SSSR count). The second-order valence-corrected chi connectivity index (χ2v) is 22.3. The molecular formula is C36H43GeIrN2O2-. The number of ketones is 1. The van der Waals surface area contributed by atoms with Crippen molar-refractivity contribution in [3.63, 3.8) is 0 Å². The second-order valence-electron chi connectivity index (χ2n) is 11.6. The summed E-state index contributed by atoms with van der Waals surface area (Å²) in [7, 11) is 0. The summed E-state index contributed by atoms with van der Waals surface area (Å²) in [5.41, 5.74) is 2.42. The van der Waals surface area contributed by atoms with Crippen molar-refractivity contribution in [1.29, 1.82) is 5.26 Å². The number of allylic oxidation sites excluding steroid dienone is 2. The van der Waals surface area contributed by atoms with Gasteiger partial charge in [-0.2, -0.15) is 0 Å². The average Bonchev–Trinajstić information content (AvgIpc) is 2.97. The SMILES string of the molecule is CCC(CC)C(=O)/C=C(\O)C(CC)CC.[CH3][Ge]([CH3])([CH3])[c]1ccc2c(-c3[c-]c4ccccc4c(C#N)c3)nccc2c1.[Ir]. The standard InChI is InChI=1S/C23H19GeN2.C13H24O2.Ir/c1-24(2,3)20-8-9-22-17(14-20)10-11-26-23(22)18-12-16-6-4-5-7-21(16)19(13-18)15-25;1-5-10(6-2)12(14)9-13(15)11(7-3)8-4;/h4-11,13-14H,1-3H3;9-11,14H,5-8H2,1-4H3;/q-1;;/b;12-9-;. The van der Waals surface area contributed by atoms with Crippen molar-refractivity contribution in [1.82, 2.24) is 4.98 Å². The van der Waals surface area contributed by atoms with Gasteiger partial charge in [0.15, 0.2) is 5.78 Å². The molecule has 1 N–H and O–H groups in total. The van der Waals surface area contributed by atoms with Crippen molar-refractivity contribution in [2.45, 2.75) is 70.6 Å². The Morgan fingerprint density at radius 2 is 1.60 bits per heavy atom. The molecular weight excluding hydrogens is 757 g/mol. The molecule has 1 aromatic heterocycles. The van der Waals surface area contributed by atoms with Crippen LogP contribution in [0.4, 0.5) is 0 Å². The molecule has 1 heterocycles. The number of benzene rings is 3. The van der Waals surface area contributed by atoms with Crippen LogP contribution in [0.1, 0.15) is 58.9 Å². The topological polar surface area (TPSA) is 74.0 Å². The second kappa shape index (κ2) is 16.2. The molecule has 1 radical (unpaired) electrons. The Morgan fingerprint density at radius 1 is 0.952 bits per heavy atom. The molecule has 0 atom stereocenters. The van der Waals surface area contributed by atoms with Crippen molar-refractivity contribution in [3.8, 4) is 17.3 Å². The Hall–Kier alpha value is -2.78. The van der Waals surface area contributed by atoms with Crippen LogP contribution in [-0.4, -0.2) is 29.1 Å². The maximum Gasteiger partial charge on any atom is 0 e. The third kappa shape index (κ3) is 8.63. The minimum atomic E-state index is -1.88. The molecule has 3 aromatic carbocycles. The van der Waals surface area contributed by atoms with Gasteiger partial charge in [-0.05, 0) is 25.7 Å². The van der Waals surface area contributed by atoms with E-state index in [0.717, 1.165) is 53.1 Å². The number of aromatic nitrogens is 1. The number of rotatable bonds is 9. The molecule has 223 valence electrons. The molecule has 42 heavy (non-hydrogen) atoms. The van der Waals surface area contributed by atoms with Gasteiger partial charge in [0.05, 0.1) is 5.76 Å². The van der Waals surface area contributed by atoms with Crippen molar-refractivity contribution in [2.24, 2.45) is 11.8 Å². The summed E-state index contributed by atoms with van der Waals surface area (Å²) < 4.78 is 1.48. The van der Waals surface area contributed by atoms with Gasteiger partial charge in [-0.1, -0.05) is 27.7 Å². The Morgan fingerprint density at radius 3 is 2.19 bits per heavy atom. The number of aliphatic hydroxyl groups is 1. The van der Waals surface area contributed by atoms with Gasteiger partial charge in [0, 0.05) is 38.0 Å². The number of carbonyl (C=O) groups is 1. The zero-order valence-corrected chi connectivity index (χ0v) is 30.4. The number of nitriles is 1. The van der Waals surface area contributed by atoms with Crippen LogP contribution in [0.25, 0.3) is 32.8 Å². The van der Waals surface area contributed by atoms with E-state index < -0.39 is 13.3 Å². The molecule has 0 saturated heterocycles. The maximum atomic E-state index is 11.7. The molecule has 6 heteroatoms. The van der Waals surface area contributed by atoms with Crippen LogP contribution in [0.2, 0.25) is 17.3 Å². The van der Waals surface area contributed by atoms with E-state index in [9.17, 15) is 15.2 Å². The van der Waals surface area contributed by atoms with Crippen LogP contribution in [0, 0.1) is 29.2 Å². The van der Waals surface area contributed by atoms with Crippen LogP contribution in [0.3, 0.4) is 0 Å². The molecule has 0 saturated carbocycles. The summed E-state index contributed by atoms with van der Waals surface area (Å²) >= 11 is -1.88. The van der Waals surface area contributed by atoms with E-state index in [-0.39, 0.29) is 43.5 Å². The first-order valence-corrected chi connectivity index (χ1v) is 22.1. The van der Waals surface area contributed by atoms with E-state index in [0.29, 0.717) is 5.56 Å². The van der Waals surface area contributed by atoms with Gasteiger partial charge in [-0.25, -0.2) is 0 Å². The third-order valence-corrected chi connectivity index (χ3v) is 12.1. The number of fused-ring (bicyclic) bond motifs is 2. The van der Waals surface area contributed by atoms with Gasteiger partial charge in [0.1, 0.15) is 0 Å². The minimum absolute atomic E-state index is 0. The zero-order chi connectivity index (χ0) is 30.2. The summed E-state index contributed by atoms with van der Waals surface area (Å²) in [4.78, 5) is 16.3. The first-order chi connectivity index (χ1) is 19.6. The van der Waals surface area contributed by atoms with E-state index >= 15 is 0 Å². The van der Waals surface area contributed by atoms with Crippen LogP contribution in [-0.2, 0) is 24.9 Å². The largest absolute Gasteiger partial charge is 0 e. The van der Waals surface area contributed by atoms with Crippen molar-refractivity contribution < 1.29 is 30.0 Å². The molecule has 0 bridgehead atoms. The summed E-state index contributed by atoms with van der Waals surface area (Å²) in [6.45, 7) is 8.07.